The van der Waals surface area contributed by atoms with Crippen molar-refractivity contribution in [2.45, 2.75) is 32.9 Å². The molecule has 1 heterocycles. The number of amides is 3. The molecule has 186 valence electrons. The number of anilines is 1. The van der Waals surface area contributed by atoms with Crippen molar-refractivity contribution in [2.24, 2.45) is 0 Å². The Morgan fingerprint density at radius 1 is 1.11 bits per heavy atom. The number of nitrogens with zero attached hydrogens (tertiary/aromatic N) is 2. The summed E-state index contributed by atoms with van der Waals surface area (Å²) in [6.45, 7) is 4.33. The summed E-state index contributed by atoms with van der Waals surface area (Å²) in [5.41, 5.74) is 1.39. The molecule has 0 unspecified atom stereocenters. The van der Waals surface area contributed by atoms with Crippen molar-refractivity contribution in [1.29, 1.82) is 0 Å². The van der Waals surface area contributed by atoms with Crippen LogP contribution in [0.3, 0.4) is 0 Å². The van der Waals surface area contributed by atoms with E-state index in [1.165, 1.54) is 28.4 Å². The Kier molecular flexibility index (Phi) is 9.02. The highest BCUT2D eigenvalue weighted by molar-refractivity contribution is 7.09. The zero-order valence-corrected chi connectivity index (χ0v) is 20.9. The van der Waals surface area contributed by atoms with Gasteiger partial charge in [0.1, 0.15) is 16.5 Å². The predicted octanol–water partition coefficient (Wildman–Crippen LogP) is 4.71. The summed E-state index contributed by atoms with van der Waals surface area (Å²) < 4.78 is 24.5. The van der Waals surface area contributed by atoms with Gasteiger partial charge in [0.15, 0.2) is 11.5 Å². The fourth-order valence-electron chi connectivity index (χ4n) is 3.32. The molecule has 0 aliphatic heterocycles. The number of carbonyl (C=O) groups is 2. The number of hydrogen-bond acceptors (Lipinski definition) is 6. The lowest BCUT2D eigenvalue weighted by Gasteiger charge is -2.26. The number of benzene rings is 2. The average Bonchev–Trinajstić information content (AvgIpc) is 3.32. The van der Waals surface area contributed by atoms with Gasteiger partial charge in [0.2, 0.25) is 0 Å². The van der Waals surface area contributed by atoms with Crippen LogP contribution in [0.5, 0.6) is 11.5 Å². The van der Waals surface area contributed by atoms with E-state index in [0.717, 1.165) is 5.56 Å². The van der Waals surface area contributed by atoms with E-state index in [9.17, 15) is 14.0 Å². The summed E-state index contributed by atoms with van der Waals surface area (Å²) in [6.07, 6.45) is 0.612. The van der Waals surface area contributed by atoms with Crippen LogP contribution in [0.25, 0.3) is 0 Å². The molecule has 3 aromatic rings. The first-order valence-corrected chi connectivity index (χ1v) is 12.0. The number of halogens is 1. The maximum Gasteiger partial charge on any atom is 0.322 e. The van der Waals surface area contributed by atoms with Gasteiger partial charge in [-0.1, -0.05) is 18.2 Å². The van der Waals surface area contributed by atoms with E-state index in [0.29, 0.717) is 29.5 Å². The van der Waals surface area contributed by atoms with Crippen molar-refractivity contribution in [2.75, 3.05) is 26.1 Å². The van der Waals surface area contributed by atoms with Gasteiger partial charge in [-0.25, -0.2) is 14.2 Å². The molecule has 0 spiro atoms. The van der Waals surface area contributed by atoms with Gasteiger partial charge in [-0.2, -0.15) is 0 Å². The van der Waals surface area contributed by atoms with Crippen molar-refractivity contribution < 1.29 is 23.5 Å². The molecule has 0 saturated heterocycles. The number of para-hydroxylation sites is 1. The first-order chi connectivity index (χ1) is 16.8. The quantitative estimate of drug-likeness (QED) is 0.420. The molecular formula is C25H29FN4O4S. The van der Waals surface area contributed by atoms with Crippen molar-refractivity contribution in [3.8, 4) is 11.5 Å². The number of rotatable bonds is 10. The van der Waals surface area contributed by atoms with Gasteiger partial charge < -0.3 is 25.0 Å². The molecule has 0 aliphatic carbocycles. The molecule has 3 amide bonds. The number of urea groups is 1. The van der Waals surface area contributed by atoms with Crippen LogP contribution in [0.2, 0.25) is 0 Å². The molecule has 1 aromatic heterocycles. The Morgan fingerprint density at radius 2 is 1.86 bits per heavy atom. The Bertz CT molecular complexity index is 1170. The summed E-state index contributed by atoms with van der Waals surface area (Å²) in [4.78, 5) is 31.2. The van der Waals surface area contributed by atoms with Crippen LogP contribution >= 0.6 is 11.3 Å². The average molecular weight is 501 g/mol. The van der Waals surface area contributed by atoms with Crippen molar-refractivity contribution >= 4 is 29.0 Å². The minimum Gasteiger partial charge on any atom is -0.493 e. The molecule has 10 heteroatoms. The number of thiazole rings is 1. The van der Waals surface area contributed by atoms with E-state index < -0.39 is 11.8 Å². The zero-order chi connectivity index (χ0) is 25.4. The summed E-state index contributed by atoms with van der Waals surface area (Å²) in [7, 11) is 3.16. The van der Waals surface area contributed by atoms with E-state index in [1.807, 2.05) is 32.0 Å². The van der Waals surface area contributed by atoms with E-state index in [1.54, 1.807) is 31.7 Å². The van der Waals surface area contributed by atoms with E-state index in [2.05, 4.69) is 15.6 Å². The molecule has 0 saturated carbocycles. The topological polar surface area (TPSA) is 92.8 Å². The lowest BCUT2D eigenvalue weighted by Crippen LogP contribution is -2.39. The molecule has 8 nitrogen and oxygen atoms in total. The summed E-state index contributed by atoms with van der Waals surface area (Å²) in [5, 5.41) is 7.72. The molecule has 2 aromatic carbocycles. The van der Waals surface area contributed by atoms with Crippen LogP contribution in [0, 0.1) is 5.82 Å². The SMILES string of the molecule is COc1ccc(CCNC(=O)c2csc(CN(C(=O)Nc3ccccc3F)C(C)C)n2)cc1OC. The van der Waals surface area contributed by atoms with Crippen LogP contribution < -0.4 is 20.1 Å². The Hall–Kier alpha value is -3.66. The molecule has 0 bridgehead atoms. The third-order valence-electron chi connectivity index (χ3n) is 5.24. The van der Waals surface area contributed by atoms with Gasteiger partial charge in [-0.3, -0.25) is 4.79 Å². The molecular weight excluding hydrogens is 471 g/mol. The van der Waals surface area contributed by atoms with Crippen LogP contribution in [0.1, 0.15) is 34.9 Å². The molecule has 35 heavy (non-hydrogen) atoms. The van der Waals surface area contributed by atoms with Gasteiger partial charge in [-0.15, -0.1) is 11.3 Å². The molecule has 2 N–H and O–H groups in total. The number of ether oxygens (including phenoxy) is 2. The standard InChI is InChI=1S/C25H29FN4O4S/c1-16(2)30(25(32)29-19-8-6-5-7-18(19)26)14-23-28-20(15-35-23)24(31)27-12-11-17-9-10-21(33-3)22(13-17)34-4/h5-10,13,15-16H,11-12,14H2,1-4H3,(H,27,31)(H,29,32). The Labute approximate surface area is 208 Å². The second kappa shape index (κ2) is 12.2. The highest BCUT2D eigenvalue weighted by atomic mass is 32.1. The normalized spacial score (nSPS) is 10.7. The van der Waals surface area contributed by atoms with E-state index in [-0.39, 0.29) is 29.9 Å². The van der Waals surface area contributed by atoms with Gasteiger partial charge in [-0.05, 0) is 50.1 Å². The number of methoxy groups -OCH3 is 2. The van der Waals surface area contributed by atoms with Crippen molar-refractivity contribution in [3.63, 3.8) is 0 Å². The summed E-state index contributed by atoms with van der Waals surface area (Å²) >= 11 is 1.29. The predicted molar refractivity (Wildman–Crippen MR) is 134 cm³/mol. The fraction of sp³-hybridized carbons (Fsp3) is 0.320. The van der Waals surface area contributed by atoms with Crippen LogP contribution in [0.15, 0.2) is 47.8 Å². The maximum atomic E-state index is 13.9. The highest BCUT2D eigenvalue weighted by Crippen LogP contribution is 2.27. The smallest absolute Gasteiger partial charge is 0.322 e. The molecule has 3 rings (SSSR count). The van der Waals surface area contributed by atoms with Gasteiger partial charge in [0.25, 0.3) is 5.91 Å². The maximum absolute atomic E-state index is 13.9. The van der Waals surface area contributed by atoms with Crippen LogP contribution in [-0.4, -0.2) is 48.6 Å². The summed E-state index contributed by atoms with van der Waals surface area (Å²) in [5.74, 6) is 0.480. The van der Waals surface area contributed by atoms with Gasteiger partial charge in [0.05, 0.1) is 26.5 Å². The van der Waals surface area contributed by atoms with Crippen LogP contribution in [-0.2, 0) is 13.0 Å². The van der Waals surface area contributed by atoms with E-state index in [4.69, 9.17) is 9.47 Å². The Morgan fingerprint density at radius 3 is 2.54 bits per heavy atom. The van der Waals surface area contributed by atoms with E-state index >= 15 is 0 Å². The number of aromatic nitrogens is 1. The molecule has 0 radical (unpaired) electrons. The fourth-order valence-corrected chi connectivity index (χ4v) is 4.09. The largest absolute Gasteiger partial charge is 0.493 e. The Balaban J connectivity index is 1.56. The summed E-state index contributed by atoms with van der Waals surface area (Å²) in [6, 6.07) is 11.0. The second-order valence-electron chi connectivity index (χ2n) is 7.95. The lowest BCUT2D eigenvalue weighted by molar-refractivity contribution is 0.0949. The minimum atomic E-state index is -0.508. The molecule has 0 atom stereocenters. The van der Waals surface area contributed by atoms with Crippen LogP contribution in [0.4, 0.5) is 14.9 Å². The zero-order valence-electron chi connectivity index (χ0n) is 20.1. The molecule has 0 aliphatic rings. The molecule has 0 fully saturated rings. The van der Waals surface area contributed by atoms with Crippen molar-refractivity contribution in [1.82, 2.24) is 15.2 Å². The lowest BCUT2D eigenvalue weighted by atomic mass is 10.1. The highest BCUT2D eigenvalue weighted by Gasteiger charge is 2.21. The van der Waals surface area contributed by atoms with Crippen molar-refractivity contribution in [3.05, 3.63) is 69.9 Å². The third kappa shape index (κ3) is 6.92. The monoisotopic (exact) mass is 500 g/mol. The minimum absolute atomic E-state index is 0.108. The first kappa shape index (κ1) is 26.0. The number of hydrogen-bond donors (Lipinski definition) is 2. The third-order valence-corrected chi connectivity index (χ3v) is 6.07. The number of nitrogens with one attached hydrogen (secondary N) is 2. The van der Waals surface area contributed by atoms with Gasteiger partial charge in [0, 0.05) is 18.0 Å². The van der Waals surface area contributed by atoms with Gasteiger partial charge >= 0.3 is 6.03 Å². The first-order valence-electron chi connectivity index (χ1n) is 11.1. The number of carbonyl (C=O) groups excluding carboxylic acids is 2. The second-order valence-corrected chi connectivity index (χ2v) is 8.90.